The van der Waals surface area contributed by atoms with Gasteiger partial charge in [-0.15, -0.1) is 0 Å². The fraction of sp³-hybridized carbons (Fsp3) is 0.556. The van der Waals surface area contributed by atoms with Crippen molar-refractivity contribution in [1.82, 2.24) is 10.6 Å². The van der Waals surface area contributed by atoms with Gasteiger partial charge >= 0.3 is 0 Å². The highest BCUT2D eigenvalue weighted by Gasteiger charge is 2.22. The van der Waals surface area contributed by atoms with Gasteiger partial charge in [0.25, 0.3) is 5.91 Å². The predicted molar refractivity (Wildman–Crippen MR) is 87.7 cm³/mol. The van der Waals surface area contributed by atoms with Crippen molar-refractivity contribution >= 4 is 11.8 Å². The first-order chi connectivity index (χ1) is 10.6. The Bertz CT molecular complexity index is 528. The Labute approximate surface area is 132 Å². The second kappa shape index (κ2) is 7.97. The number of nitrogens with one attached hydrogen (secondary N) is 2. The summed E-state index contributed by atoms with van der Waals surface area (Å²) in [6.07, 6.45) is 5.05. The van der Waals surface area contributed by atoms with E-state index in [1.165, 1.54) is 19.3 Å². The molecule has 0 unspecified atom stereocenters. The molecule has 2 rings (SSSR count). The number of carbonyl (C=O) groups excluding carboxylic acids is 2. The zero-order valence-electron chi connectivity index (χ0n) is 13.5. The van der Waals surface area contributed by atoms with Crippen LogP contribution in [0.5, 0.6) is 0 Å². The fourth-order valence-corrected chi connectivity index (χ4v) is 3.02. The highest BCUT2D eigenvalue weighted by Crippen LogP contribution is 2.23. The van der Waals surface area contributed by atoms with Gasteiger partial charge in [-0.25, -0.2) is 0 Å². The number of amides is 2. The van der Waals surface area contributed by atoms with Gasteiger partial charge in [-0.1, -0.05) is 38.0 Å². The second-order valence-corrected chi connectivity index (χ2v) is 6.26. The zero-order chi connectivity index (χ0) is 15.9. The van der Waals surface area contributed by atoms with Gasteiger partial charge in [0, 0.05) is 24.6 Å². The molecule has 1 aromatic carbocycles. The minimum atomic E-state index is -0.114. The van der Waals surface area contributed by atoms with Crippen molar-refractivity contribution in [2.24, 2.45) is 5.92 Å². The lowest BCUT2D eigenvalue weighted by Crippen LogP contribution is -2.42. The van der Waals surface area contributed by atoms with Crippen LogP contribution in [0.15, 0.2) is 24.3 Å². The van der Waals surface area contributed by atoms with Crippen LogP contribution in [0.25, 0.3) is 0 Å². The Kier molecular flexibility index (Phi) is 5.99. The second-order valence-electron chi connectivity index (χ2n) is 6.26. The van der Waals surface area contributed by atoms with Gasteiger partial charge < -0.3 is 10.6 Å². The van der Waals surface area contributed by atoms with Crippen molar-refractivity contribution < 1.29 is 9.59 Å². The van der Waals surface area contributed by atoms with E-state index in [0.29, 0.717) is 30.5 Å². The van der Waals surface area contributed by atoms with Gasteiger partial charge in [0.2, 0.25) is 5.91 Å². The number of aryl methyl sites for hydroxylation is 1. The molecule has 0 bridgehead atoms. The van der Waals surface area contributed by atoms with E-state index in [4.69, 9.17) is 0 Å². The summed E-state index contributed by atoms with van der Waals surface area (Å²) in [5.74, 6) is 0.472. The number of carbonyl (C=O) groups is 2. The molecule has 4 nitrogen and oxygen atoms in total. The summed E-state index contributed by atoms with van der Waals surface area (Å²) in [5, 5.41) is 5.92. The lowest BCUT2D eigenvalue weighted by atomic mass is 9.86. The summed E-state index contributed by atoms with van der Waals surface area (Å²) in [6, 6.07) is 7.76. The van der Waals surface area contributed by atoms with E-state index < -0.39 is 0 Å². The average molecular weight is 302 g/mol. The molecule has 4 heteroatoms. The van der Waals surface area contributed by atoms with E-state index in [1.807, 2.05) is 25.1 Å². The first-order valence-electron chi connectivity index (χ1n) is 8.21. The van der Waals surface area contributed by atoms with Crippen molar-refractivity contribution in [2.75, 3.05) is 6.54 Å². The highest BCUT2D eigenvalue weighted by molar-refractivity contribution is 5.95. The van der Waals surface area contributed by atoms with Crippen molar-refractivity contribution in [1.29, 1.82) is 0 Å². The molecule has 0 aliphatic heterocycles. The monoisotopic (exact) mass is 302 g/mol. The van der Waals surface area contributed by atoms with Gasteiger partial charge in [0.15, 0.2) is 0 Å². The maximum absolute atomic E-state index is 12.0. The van der Waals surface area contributed by atoms with Crippen LogP contribution in [0.3, 0.4) is 0 Å². The highest BCUT2D eigenvalue weighted by atomic mass is 16.2. The molecule has 1 aliphatic rings. The molecule has 1 aliphatic carbocycles. The molecular formula is C18H26N2O2. The summed E-state index contributed by atoms with van der Waals surface area (Å²) in [5.41, 5.74) is 1.62. The standard InChI is InChI=1S/C18H26N2O2/c1-13-7-3-5-9-15(13)18(22)19-12-11-17(21)20-16-10-6-4-8-14(16)2/h3,5,7,9,14,16H,4,6,8,10-12H2,1-2H3,(H,19,22)(H,20,21)/t14-,16-/m0/s1. The summed E-state index contributed by atoms with van der Waals surface area (Å²) in [7, 11) is 0. The first kappa shape index (κ1) is 16.5. The first-order valence-corrected chi connectivity index (χ1v) is 8.21. The van der Waals surface area contributed by atoms with E-state index in [-0.39, 0.29) is 11.8 Å². The van der Waals surface area contributed by atoms with Crippen LogP contribution in [-0.4, -0.2) is 24.4 Å². The van der Waals surface area contributed by atoms with Crippen molar-refractivity contribution in [3.8, 4) is 0 Å². The SMILES string of the molecule is Cc1ccccc1C(=O)NCCC(=O)N[C@H]1CCCC[C@@H]1C. The molecule has 2 atom stereocenters. The third kappa shape index (κ3) is 4.58. The Morgan fingerprint density at radius 3 is 2.64 bits per heavy atom. The summed E-state index contributed by atoms with van der Waals surface area (Å²) in [6.45, 7) is 4.48. The van der Waals surface area contributed by atoms with Crippen LogP contribution in [0, 0.1) is 12.8 Å². The van der Waals surface area contributed by atoms with Crippen molar-refractivity contribution in [2.45, 2.75) is 52.0 Å². The molecule has 22 heavy (non-hydrogen) atoms. The van der Waals surface area contributed by atoms with Crippen LogP contribution in [0.2, 0.25) is 0 Å². The summed E-state index contributed by atoms with van der Waals surface area (Å²) < 4.78 is 0. The van der Waals surface area contributed by atoms with E-state index in [1.54, 1.807) is 6.07 Å². The third-order valence-electron chi connectivity index (χ3n) is 4.49. The molecule has 1 aromatic rings. The van der Waals surface area contributed by atoms with Crippen molar-refractivity contribution in [3.05, 3.63) is 35.4 Å². The van der Waals surface area contributed by atoms with Crippen LogP contribution >= 0.6 is 0 Å². The maximum Gasteiger partial charge on any atom is 0.251 e. The Balaban J connectivity index is 1.73. The van der Waals surface area contributed by atoms with Gasteiger partial charge in [-0.2, -0.15) is 0 Å². The average Bonchev–Trinajstić information content (AvgIpc) is 2.50. The minimum Gasteiger partial charge on any atom is -0.353 e. The maximum atomic E-state index is 12.0. The number of hydrogen-bond donors (Lipinski definition) is 2. The number of rotatable bonds is 5. The third-order valence-corrected chi connectivity index (χ3v) is 4.49. The van der Waals surface area contributed by atoms with Crippen LogP contribution in [0.4, 0.5) is 0 Å². The molecule has 0 aromatic heterocycles. The molecule has 1 fully saturated rings. The van der Waals surface area contributed by atoms with Crippen LogP contribution in [0.1, 0.15) is 54.9 Å². The van der Waals surface area contributed by atoms with Crippen molar-refractivity contribution in [3.63, 3.8) is 0 Å². The van der Waals surface area contributed by atoms with Gasteiger partial charge in [0.1, 0.15) is 0 Å². The molecule has 120 valence electrons. The lowest BCUT2D eigenvalue weighted by Gasteiger charge is -2.29. The molecule has 0 heterocycles. The largest absolute Gasteiger partial charge is 0.353 e. The van der Waals surface area contributed by atoms with Crippen LogP contribution in [-0.2, 0) is 4.79 Å². The quantitative estimate of drug-likeness (QED) is 0.878. The van der Waals surface area contributed by atoms with Gasteiger partial charge in [0.05, 0.1) is 0 Å². The molecular weight excluding hydrogens is 276 g/mol. The molecule has 0 radical (unpaired) electrons. The number of benzene rings is 1. The lowest BCUT2D eigenvalue weighted by molar-refractivity contribution is -0.122. The molecule has 0 saturated heterocycles. The Morgan fingerprint density at radius 2 is 1.91 bits per heavy atom. The predicted octanol–water partition coefficient (Wildman–Crippen LogP) is 2.81. The van der Waals surface area contributed by atoms with E-state index in [0.717, 1.165) is 12.0 Å². The van der Waals surface area contributed by atoms with Gasteiger partial charge in [-0.3, -0.25) is 9.59 Å². The van der Waals surface area contributed by atoms with E-state index >= 15 is 0 Å². The Hall–Kier alpha value is -1.84. The number of hydrogen-bond acceptors (Lipinski definition) is 2. The summed E-state index contributed by atoms with van der Waals surface area (Å²) in [4.78, 5) is 24.0. The molecule has 1 saturated carbocycles. The Morgan fingerprint density at radius 1 is 1.18 bits per heavy atom. The van der Waals surface area contributed by atoms with E-state index in [2.05, 4.69) is 17.6 Å². The molecule has 2 N–H and O–H groups in total. The van der Waals surface area contributed by atoms with Crippen LogP contribution < -0.4 is 10.6 Å². The molecule has 2 amide bonds. The zero-order valence-corrected chi connectivity index (χ0v) is 13.5. The normalized spacial score (nSPS) is 21.2. The smallest absolute Gasteiger partial charge is 0.251 e. The topological polar surface area (TPSA) is 58.2 Å². The fourth-order valence-electron chi connectivity index (χ4n) is 3.02. The van der Waals surface area contributed by atoms with Gasteiger partial charge in [-0.05, 0) is 37.3 Å². The summed E-state index contributed by atoms with van der Waals surface area (Å²) >= 11 is 0. The minimum absolute atomic E-state index is 0.0313. The molecule has 0 spiro atoms. The van der Waals surface area contributed by atoms with E-state index in [9.17, 15) is 9.59 Å².